The Morgan fingerprint density at radius 2 is 1.89 bits per heavy atom. The molecule has 4 rings (SSSR count). The van der Waals surface area contributed by atoms with E-state index in [4.69, 9.17) is 14.5 Å². The molecule has 4 N–H and O–H groups in total. The summed E-state index contributed by atoms with van der Waals surface area (Å²) >= 11 is 0. The molecule has 11 nitrogen and oxygen atoms in total. The third kappa shape index (κ3) is 9.77. The Morgan fingerprint density at radius 1 is 1.16 bits per heavy atom. The molecule has 0 amide bonds. The van der Waals surface area contributed by atoms with Gasteiger partial charge in [-0.05, 0) is 76.1 Å². The van der Waals surface area contributed by atoms with E-state index in [2.05, 4.69) is 27.0 Å². The molecule has 2 aromatic heterocycles. The molecule has 14 heteroatoms. The smallest absolute Gasteiger partial charge is 0.350 e. The van der Waals surface area contributed by atoms with Gasteiger partial charge in [-0.25, -0.2) is 23.1 Å². The zero-order chi connectivity index (χ0) is 31.6. The maximum absolute atomic E-state index is 12.3. The van der Waals surface area contributed by atoms with Gasteiger partial charge in [-0.15, -0.1) is 0 Å². The van der Waals surface area contributed by atoms with Gasteiger partial charge in [-0.2, -0.15) is 14.0 Å². The van der Waals surface area contributed by atoms with Gasteiger partial charge in [0, 0.05) is 56.2 Å². The first kappa shape index (κ1) is 33.9. The van der Waals surface area contributed by atoms with Crippen LogP contribution in [0.1, 0.15) is 51.0 Å². The zero-order valence-electron chi connectivity index (χ0n) is 25.3. The summed E-state index contributed by atoms with van der Waals surface area (Å²) in [4.78, 5) is 9.46. The number of rotatable bonds is 15. The van der Waals surface area contributed by atoms with E-state index in [0.717, 1.165) is 54.1 Å². The van der Waals surface area contributed by atoms with Crippen molar-refractivity contribution in [2.24, 2.45) is 5.41 Å². The van der Waals surface area contributed by atoms with E-state index in [1.165, 1.54) is 0 Å². The minimum absolute atomic E-state index is 0.0220. The van der Waals surface area contributed by atoms with Crippen LogP contribution < -0.4 is 20.7 Å². The molecule has 242 valence electrons. The van der Waals surface area contributed by atoms with Gasteiger partial charge in [0.25, 0.3) is 10.0 Å². The van der Waals surface area contributed by atoms with Crippen LogP contribution in [0.25, 0.3) is 11.3 Å². The van der Waals surface area contributed by atoms with Crippen LogP contribution in [0.4, 0.5) is 20.4 Å². The summed E-state index contributed by atoms with van der Waals surface area (Å²) < 4.78 is 59.5. The molecule has 1 saturated heterocycles. The molecule has 1 atom stereocenters. The highest BCUT2D eigenvalue weighted by molar-refractivity contribution is 7.89. The second kappa shape index (κ2) is 15.9. The summed E-state index contributed by atoms with van der Waals surface area (Å²) in [5.41, 5.74) is 2.42. The van der Waals surface area contributed by atoms with Gasteiger partial charge in [0.1, 0.15) is 11.6 Å². The number of sulfonamides is 1. The van der Waals surface area contributed by atoms with Crippen LogP contribution in [0.15, 0.2) is 30.5 Å². The van der Waals surface area contributed by atoms with Crippen molar-refractivity contribution < 1.29 is 26.7 Å². The predicted octanol–water partition coefficient (Wildman–Crippen LogP) is 4.04. The Balaban J connectivity index is 1.23. The number of aryl methyl sites for hydroxylation is 1. The number of alkyl halides is 2. The fraction of sp³-hybridized carbons (Fsp3) is 0.633. The first-order chi connectivity index (χ1) is 21.1. The van der Waals surface area contributed by atoms with E-state index < -0.39 is 21.2 Å². The minimum Gasteiger partial charge on any atom is -0.381 e. The average Bonchev–Trinajstić information content (AvgIpc) is 3.02. The van der Waals surface area contributed by atoms with Crippen LogP contribution in [0.2, 0.25) is 0 Å². The molecule has 2 aliphatic rings. The van der Waals surface area contributed by atoms with Crippen LogP contribution in [0.5, 0.6) is 0 Å². The lowest BCUT2D eigenvalue weighted by Gasteiger charge is -2.32. The molecule has 1 saturated carbocycles. The number of halogens is 2. The van der Waals surface area contributed by atoms with Crippen LogP contribution in [-0.2, 0) is 19.5 Å². The van der Waals surface area contributed by atoms with Crippen LogP contribution >= 0.6 is 0 Å². The normalized spacial score (nSPS) is 21.0. The molecule has 3 heterocycles. The highest BCUT2D eigenvalue weighted by Gasteiger charge is 2.32. The number of pyridine rings is 2. The summed E-state index contributed by atoms with van der Waals surface area (Å²) in [7, 11) is -4.59. The van der Waals surface area contributed by atoms with E-state index in [1.807, 2.05) is 49.0 Å². The van der Waals surface area contributed by atoms with Crippen molar-refractivity contribution in [2.75, 3.05) is 50.2 Å². The SMILES string of the molecule is Cc1cnc(N[C@H]2CC[C@H](NC(C)COCCNS(=O)(=O)C(F)F)CC2)cc1-c1cccc(NCC2(C#N)CCOCC2)n1. The lowest BCUT2D eigenvalue weighted by Crippen LogP contribution is -2.43. The van der Waals surface area contributed by atoms with Gasteiger partial charge < -0.3 is 25.4 Å². The number of hydrogen-bond donors (Lipinski definition) is 4. The van der Waals surface area contributed by atoms with E-state index >= 15 is 0 Å². The third-order valence-electron chi connectivity index (χ3n) is 8.17. The van der Waals surface area contributed by atoms with Gasteiger partial charge in [-0.3, -0.25) is 0 Å². The molecule has 0 bridgehead atoms. The largest absolute Gasteiger partial charge is 0.381 e. The lowest BCUT2D eigenvalue weighted by molar-refractivity contribution is 0.0455. The molecule has 0 spiro atoms. The lowest BCUT2D eigenvalue weighted by atomic mass is 9.82. The van der Waals surface area contributed by atoms with E-state index in [9.17, 15) is 22.5 Å². The average molecular weight is 636 g/mol. The number of aromatic nitrogens is 2. The van der Waals surface area contributed by atoms with Gasteiger partial charge in [0.05, 0.1) is 30.4 Å². The van der Waals surface area contributed by atoms with Crippen molar-refractivity contribution in [3.05, 3.63) is 36.0 Å². The van der Waals surface area contributed by atoms with Gasteiger partial charge >= 0.3 is 5.76 Å². The number of nitrogens with zero attached hydrogens (tertiary/aromatic N) is 3. The van der Waals surface area contributed by atoms with Crippen molar-refractivity contribution in [1.29, 1.82) is 5.26 Å². The van der Waals surface area contributed by atoms with Gasteiger partial charge in [-0.1, -0.05) is 6.07 Å². The van der Waals surface area contributed by atoms with Crippen LogP contribution in [0.3, 0.4) is 0 Å². The molecule has 1 aliphatic heterocycles. The van der Waals surface area contributed by atoms with Crippen LogP contribution in [0, 0.1) is 23.7 Å². The van der Waals surface area contributed by atoms with Gasteiger partial charge in [0.15, 0.2) is 0 Å². The number of nitriles is 1. The van der Waals surface area contributed by atoms with Crippen molar-refractivity contribution in [1.82, 2.24) is 20.0 Å². The summed E-state index contributed by atoms with van der Waals surface area (Å²) in [6, 6.07) is 11.0. The molecular weight excluding hydrogens is 592 g/mol. The molecule has 0 radical (unpaired) electrons. The fourth-order valence-electron chi connectivity index (χ4n) is 5.56. The third-order valence-corrected chi connectivity index (χ3v) is 9.25. The Labute approximate surface area is 258 Å². The molecule has 0 aromatic carbocycles. The first-order valence-electron chi connectivity index (χ1n) is 15.1. The van der Waals surface area contributed by atoms with Crippen LogP contribution in [-0.4, -0.2) is 81.8 Å². The van der Waals surface area contributed by atoms with E-state index in [-0.39, 0.29) is 25.2 Å². The highest BCUT2D eigenvalue weighted by atomic mass is 32.2. The standard InChI is InChI=1S/C30H43F2N7O4S/c1-21-17-34-28(16-25(21)26-4-3-5-27(39-26)35-20-30(19-33)10-13-42-14-11-30)38-24-8-6-23(7-9-24)37-22(2)18-43-15-12-36-44(40,41)29(31)32/h3-5,16-17,22-24,29,36-37H,6-15,18,20H2,1-2H3,(H,34,38)(H,35,39)/t22?,23-,24-. The monoisotopic (exact) mass is 635 g/mol. The molecule has 44 heavy (non-hydrogen) atoms. The number of hydrogen-bond acceptors (Lipinski definition) is 10. The maximum atomic E-state index is 12.3. The van der Waals surface area contributed by atoms with E-state index in [1.54, 1.807) is 0 Å². The van der Waals surface area contributed by atoms with Crippen molar-refractivity contribution >= 4 is 21.7 Å². The minimum atomic E-state index is -4.59. The van der Waals surface area contributed by atoms with E-state index in [0.29, 0.717) is 45.2 Å². The number of ether oxygens (including phenoxy) is 2. The Bertz CT molecular complexity index is 1360. The van der Waals surface area contributed by atoms with Gasteiger partial charge in [0.2, 0.25) is 0 Å². The summed E-state index contributed by atoms with van der Waals surface area (Å²) in [6.07, 6.45) is 7.16. The molecule has 2 aromatic rings. The second-order valence-electron chi connectivity index (χ2n) is 11.7. The first-order valence-corrected chi connectivity index (χ1v) is 16.7. The quantitative estimate of drug-likeness (QED) is 0.211. The Hall–Kier alpha value is -2.96. The van der Waals surface area contributed by atoms with Crippen molar-refractivity contribution in [2.45, 2.75) is 76.3 Å². The topological polar surface area (TPSA) is 150 Å². The number of anilines is 2. The molecular formula is C30H43F2N7O4S. The summed E-state index contributed by atoms with van der Waals surface area (Å²) in [5, 5.41) is 20.3. The molecule has 1 aliphatic carbocycles. The summed E-state index contributed by atoms with van der Waals surface area (Å²) in [5.74, 6) is -1.91. The maximum Gasteiger partial charge on any atom is 0.350 e. The highest BCUT2D eigenvalue weighted by Crippen LogP contribution is 2.31. The Morgan fingerprint density at radius 3 is 2.59 bits per heavy atom. The number of nitrogens with one attached hydrogen (secondary N) is 4. The van der Waals surface area contributed by atoms with Crippen molar-refractivity contribution in [3.63, 3.8) is 0 Å². The molecule has 2 fully saturated rings. The predicted molar refractivity (Wildman–Crippen MR) is 165 cm³/mol. The zero-order valence-corrected chi connectivity index (χ0v) is 26.1. The Kier molecular flexibility index (Phi) is 12.2. The van der Waals surface area contributed by atoms with Crippen molar-refractivity contribution in [3.8, 4) is 17.3 Å². The summed E-state index contributed by atoms with van der Waals surface area (Å²) in [6.45, 7) is 5.92. The molecule has 1 unspecified atom stereocenters. The second-order valence-corrected chi connectivity index (χ2v) is 13.4. The fourth-order valence-corrected chi connectivity index (χ4v) is 6.05.